The molecule has 0 bridgehead atoms. The summed E-state index contributed by atoms with van der Waals surface area (Å²) in [6.07, 6.45) is 0. The normalized spacial score (nSPS) is 17.7. The van der Waals surface area contributed by atoms with Gasteiger partial charge in [-0.2, -0.15) is 0 Å². The van der Waals surface area contributed by atoms with Gasteiger partial charge in [-0.3, -0.25) is 0 Å². The second-order valence-corrected chi connectivity index (χ2v) is 5.24. The monoisotopic (exact) mass is 246 g/mol. The smallest absolute Gasteiger partial charge is 0.123 e. The molecule has 0 aliphatic carbocycles. The summed E-state index contributed by atoms with van der Waals surface area (Å²) in [5.74, 6) is 0. The molecule has 0 unspecified atom stereocenters. The molecule has 1 saturated heterocycles. The third-order valence-electron chi connectivity index (χ3n) is 3.22. The average Bonchev–Trinajstić information content (AvgIpc) is 2.80. The summed E-state index contributed by atoms with van der Waals surface area (Å²) in [6, 6.07) is 10.2. The van der Waals surface area contributed by atoms with Gasteiger partial charge in [0.25, 0.3) is 0 Å². The van der Waals surface area contributed by atoms with E-state index >= 15 is 0 Å². The maximum Gasteiger partial charge on any atom is 0.123 e. The Morgan fingerprint density at radius 3 is 2.65 bits per heavy atom. The highest BCUT2D eigenvalue weighted by molar-refractivity contribution is 7.13. The van der Waals surface area contributed by atoms with Crippen molar-refractivity contribution in [1.82, 2.24) is 4.98 Å². The number of hydrogen-bond acceptors (Lipinski definition) is 4. The predicted octanol–water partition coefficient (Wildman–Crippen LogP) is 2.04. The van der Waals surface area contributed by atoms with Gasteiger partial charge in [0.1, 0.15) is 5.01 Å². The quantitative estimate of drug-likeness (QED) is 0.901. The standard InChI is InChI=1S/C13H14N2OS/c14-7-13(8-16-9-13)11-6-17-12(15-11)10-4-2-1-3-5-10/h1-6H,7-9,14H2. The summed E-state index contributed by atoms with van der Waals surface area (Å²) >= 11 is 1.67. The van der Waals surface area contributed by atoms with Crippen molar-refractivity contribution in [1.29, 1.82) is 0 Å². The van der Waals surface area contributed by atoms with Crippen LogP contribution in [0, 0.1) is 0 Å². The molecule has 0 spiro atoms. The van der Waals surface area contributed by atoms with Crippen molar-refractivity contribution >= 4 is 11.3 Å². The van der Waals surface area contributed by atoms with Crippen LogP contribution in [0.25, 0.3) is 10.6 Å². The third-order valence-corrected chi connectivity index (χ3v) is 4.11. The van der Waals surface area contributed by atoms with Crippen LogP contribution in [0.15, 0.2) is 35.7 Å². The topological polar surface area (TPSA) is 48.1 Å². The first kappa shape index (κ1) is 10.9. The van der Waals surface area contributed by atoms with E-state index in [4.69, 9.17) is 15.5 Å². The number of aromatic nitrogens is 1. The minimum absolute atomic E-state index is 0.0382. The number of ether oxygens (including phenoxy) is 1. The molecule has 0 radical (unpaired) electrons. The molecule has 1 aliphatic rings. The van der Waals surface area contributed by atoms with E-state index in [1.54, 1.807) is 11.3 Å². The summed E-state index contributed by atoms with van der Waals surface area (Å²) in [6.45, 7) is 1.99. The Kier molecular flexibility index (Phi) is 2.70. The Morgan fingerprint density at radius 1 is 1.29 bits per heavy atom. The number of rotatable bonds is 3. The molecule has 1 aromatic carbocycles. The van der Waals surface area contributed by atoms with Crippen LogP contribution in [0.2, 0.25) is 0 Å². The molecule has 3 rings (SSSR count). The van der Waals surface area contributed by atoms with Gasteiger partial charge in [-0.15, -0.1) is 11.3 Å². The summed E-state index contributed by atoms with van der Waals surface area (Å²) in [4.78, 5) is 4.70. The fraction of sp³-hybridized carbons (Fsp3) is 0.308. The Morgan fingerprint density at radius 2 is 2.06 bits per heavy atom. The van der Waals surface area contributed by atoms with Crippen molar-refractivity contribution in [2.24, 2.45) is 5.73 Å². The van der Waals surface area contributed by atoms with Crippen LogP contribution >= 0.6 is 11.3 Å². The summed E-state index contributed by atoms with van der Waals surface area (Å²) in [5, 5.41) is 3.16. The second kappa shape index (κ2) is 4.22. The zero-order valence-corrected chi connectivity index (χ0v) is 10.2. The average molecular weight is 246 g/mol. The van der Waals surface area contributed by atoms with Gasteiger partial charge in [0.05, 0.1) is 24.3 Å². The van der Waals surface area contributed by atoms with Crippen molar-refractivity contribution in [2.45, 2.75) is 5.41 Å². The highest BCUT2D eigenvalue weighted by Gasteiger charge is 2.41. The molecule has 0 saturated carbocycles. The van der Waals surface area contributed by atoms with Crippen molar-refractivity contribution in [3.8, 4) is 10.6 Å². The lowest BCUT2D eigenvalue weighted by molar-refractivity contribution is -0.0568. The lowest BCUT2D eigenvalue weighted by atomic mass is 9.83. The van der Waals surface area contributed by atoms with E-state index in [-0.39, 0.29) is 5.41 Å². The minimum atomic E-state index is -0.0382. The van der Waals surface area contributed by atoms with Crippen LogP contribution in [0.5, 0.6) is 0 Å². The summed E-state index contributed by atoms with van der Waals surface area (Å²) < 4.78 is 5.28. The van der Waals surface area contributed by atoms with E-state index in [9.17, 15) is 0 Å². The maximum absolute atomic E-state index is 5.83. The molecule has 1 aliphatic heterocycles. The Labute approximate surface area is 104 Å². The van der Waals surface area contributed by atoms with E-state index in [0.717, 1.165) is 16.3 Å². The summed E-state index contributed by atoms with van der Waals surface area (Å²) in [5.41, 5.74) is 8.04. The van der Waals surface area contributed by atoms with Gasteiger partial charge < -0.3 is 10.5 Å². The summed E-state index contributed by atoms with van der Waals surface area (Å²) in [7, 11) is 0. The van der Waals surface area contributed by atoms with Crippen molar-refractivity contribution < 1.29 is 4.74 Å². The Balaban J connectivity index is 1.93. The molecule has 1 fully saturated rings. The highest BCUT2D eigenvalue weighted by atomic mass is 32.1. The molecule has 3 nitrogen and oxygen atoms in total. The first-order valence-electron chi connectivity index (χ1n) is 5.63. The third kappa shape index (κ3) is 1.78. The second-order valence-electron chi connectivity index (χ2n) is 4.38. The fourth-order valence-corrected chi connectivity index (χ4v) is 2.90. The van der Waals surface area contributed by atoms with Crippen molar-refractivity contribution in [2.75, 3.05) is 19.8 Å². The van der Waals surface area contributed by atoms with Crippen LogP contribution in [0.3, 0.4) is 0 Å². The van der Waals surface area contributed by atoms with Crippen molar-refractivity contribution in [3.05, 3.63) is 41.4 Å². The molecule has 2 heterocycles. The van der Waals surface area contributed by atoms with Crippen LogP contribution in [-0.4, -0.2) is 24.7 Å². The number of thiazole rings is 1. The molecule has 17 heavy (non-hydrogen) atoms. The lowest BCUT2D eigenvalue weighted by Crippen LogP contribution is -2.52. The number of hydrogen-bond donors (Lipinski definition) is 1. The van der Waals surface area contributed by atoms with Crippen LogP contribution in [0.1, 0.15) is 5.69 Å². The largest absolute Gasteiger partial charge is 0.379 e. The molecule has 4 heteroatoms. The lowest BCUT2D eigenvalue weighted by Gasteiger charge is -2.39. The first-order chi connectivity index (χ1) is 8.34. The molecule has 0 atom stereocenters. The van der Waals surface area contributed by atoms with E-state index in [0.29, 0.717) is 19.8 Å². The molecule has 2 N–H and O–H groups in total. The van der Waals surface area contributed by atoms with Crippen LogP contribution in [0.4, 0.5) is 0 Å². The van der Waals surface area contributed by atoms with Gasteiger partial charge >= 0.3 is 0 Å². The Bertz CT molecular complexity index is 500. The van der Waals surface area contributed by atoms with Gasteiger partial charge in [0, 0.05) is 17.5 Å². The van der Waals surface area contributed by atoms with E-state index < -0.39 is 0 Å². The molecule has 88 valence electrons. The molecule has 0 amide bonds. The van der Waals surface area contributed by atoms with Crippen LogP contribution in [-0.2, 0) is 10.2 Å². The number of nitrogens with zero attached hydrogens (tertiary/aromatic N) is 1. The molecular formula is C13H14N2OS. The molecule has 1 aromatic heterocycles. The van der Waals surface area contributed by atoms with Gasteiger partial charge in [-0.1, -0.05) is 30.3 Å². The molecule has 2 aromatic rings. The van der Waals surface area contributed by atoms with E-state index in [1.807, 2.05) is 18.2 Å². The van der Waals surface area contributed by atoms with Gasteiger partial charge in [-0.25, -0.2) is 4.98 Å². The van der Waals surface area contributed by atoms with E-state index in [1.165, 1.54) is 0 Å². The first-order valence-corrected chi connectivity index (χ1v) is 6.51. The Hall–Kier alpha value is -1.23. The van der Waals surface area contributed by atoms with Gasteiger partial charge in [-0.05, 0) is 0 Å². The zero-order valence-electron chi connectivity index (χ0n) is 9.43. The zero-order chi connectivity index (χ0) is 11.7. The highest BCUT2D eigenvalue weighted by Crippen LogP contribution is 2.34. The van der Waals surface area contributed by atoms with Crippen molar-refractivity contribution in [3.63, 3.8) is 0 Å². The van der Waals surface area contributed by atoms with E-state index in [2.05, 4.69) is 17.5 Å². The number of nitrogens with two attached hydrogens (primary N) is 1. The number of benzene rings is 1. The molecular weight excluding hydrogens is 232 g/mol. The fourth-order valence-electron chi connectivity index (χ4n) is 1.95. The van der Waals surface area contributed by atoms with Gasteiger partial charge in [0.15, 0.2) is 0 Å². The van der Waals surface area contributed by atoms with Crippen LogP contribution < -0.4 is 5.73 Å². The SMILES string of the molecule is NCC1(c2csc(-c3ccccc3)n2)COC1. The van der Waals surface area contributed by atoms with Gasteiger partial charge in [0.2, 0.25) is 0 Å². The maximum atomic E-state index is 5.83. The minimum Gasteiger partial charge on any atom is -0.379 e. The predicted molar refractivity (Wildman–Crippen MR) is 69.1 cm³/mol.